The van der Waals surface area contributed by atoms with Crippen molar-refractivity contribution in [3.63, 3.8) is 0 Å². The summed E-state index contributed by atoms with van der Waals surface area (Å²) >= 11 is 0. The molecule has 0 radical (unpaired) electrons. The minimum atomic E-state index is 0.0217. The summed E-state index contributed by atoms with van der Waals surface area (Å²) < 4.78 is 10.9. The second-order valence-corrected chi connectivity index (χ2v) is 8.26. The summed E-state index contributed by atoms with van der Waals surface area (Å²) in [5.41, 5.74) is 5.05. The highest BCUT2D eigenvalue weighted by atomic mass is 16.5. The molecule has 3 rings (SSSR count). The molecule has 0 saturated carbocycles. The highest BCUT2D eigenvalue weighted by Crippen LogP contribution is 2.26. The van der Waals surface area contributed by atoms with Gasteiger partial charge in [-0.1, -0.05) is 18.2 Å². The number of hydrogen-bond donors (Lipinski definition) is 2. The van der Waals surface area contributed by atoms with Gasteiger partial charge in [0, 0.05) is 45.4 Å². The Kier molecular flexibility index (Phi) is 8.72. The van der Waals surface area contributed by atoms with Crippen LogP contribution in [0, 0.1) is 13.8 Å². The van der Waals surface area contributed by atoms with Crippen molar-refractivity contribution in [2.24, 2.45) is 0 Å². The average Bonchev–Trinajstić information content (AvgIpc) is 2.78. The molecule has 0 amide bonds. The van der Waals surface area contributed by atoms with Gasteiger partial charge >= 0.3 is 0 Å². The largest absolute Gasteiger partial charge is 0.496 e. The van der Waals surface area contributed by atoms with E-state index in [1.54, 1.807) is 7.11 Å². The van der Waals surface area contributed by atoms with Crippen LogP contribution in [0.4, 0.5) is 0 Å². The minimum absolute atomic E-state index is 0.0217. The van der Waals surface area contributed by atoms with Gasteiger partial charge < -0.3 is 19.7 Å². The molecule has 1 fully saturated rings. The number of aliphatic hydroxyl groups is 2. The summed E-state index contributed by atoms with van der Waals surface area (Å²) in [5, 5.41) is 18.5. The predicted molar refractivity (Wildman–Crippen MR) is 123 cm³/mol. The molecule has 2 aromatic carbocycles. The van der Waals surface area contributed by atoms with Gasteiger partial charge in [-0.25, -0.2) is 0 Å². The Hall–Kier alpha value is -2.12. The van der Waals surface area contributed by atoms with Crippen LogP contribution in [-0.2, 0) is 13.1 Å². The van der Waals surface area contributed by atoms with Crippen LogP contribution in [0.15, 0.2) is 36.4 Å². The Morgan fingerprint density at radius 2 is 1.71 bits per heavy atom. The van der Waals surface area contributed by atoms with E-state index in [0.717, 1.165) is 50.6 Å². The van der Waals surface area contributed by atoms with Gasteiger partial charge in [0.1, 0.15) is 18.1 Å². The molecule has 0 spiro atoms. The van der Waals surface area contributed by atoms with Crippen LogP contribution < -0.4 is 9.47 Å². The predicted octanol–water partition coefficient (Wildman–Crippen LogP) is 2.75. The van der Waals surface area contributed by atoms with E-state index in [1.165, 1.54) is 22.3 Å². The number of nitrogens with zero attached hydrogens (tertiary/aromatic N) is 2. The van der Waals surface area contributed by atoms with E-state index in [0.29, 0.717) is 12.6 Å². The molecular formula is C25H36N2O4. The van der Waals surface area contributed by atoms with Crippen molar-refractivity contribution in [3.05, 3.63) is 58.7 Å². The second-order valence-electron chi connectivity index (χ2n) is 8.26. The first-order valence-electron chi connectivity index (χ1n) is 11.1. The van der Waals surface area contributed by atoms with Crippen LogP contribution in [0.25, 0.3) is 0 Å². The van der Waals surface area contributed by atoms with Gasteiger partial charge in [-0.2, -0.15) is 0 Å². The van der Waals surface area contributed by atoms with Gasteiger partial charge in [-0.05, 0) is 60.7 Å². The molecule has 170 valence electrons. The quantitative estimate of drug-likeness (QED) is 0.607. The Balaban J connectivity index is 1.62. The normalized spacial score (nSPS) is 17.6. The Morgan fingerprint density at radius 3 is 2.39 bits per heavy atom. The zero-order valence-electron chi connectivity index (χ0n) is 19.0. The van der Waals surface area contributed by atoms with Crippen LogP contribution in [0.5, 0.6) is 11.5 Å². The molecule has 2 N–H and O–H groups in total. The zero-order chi connectivity index (χ0) is 22.2. The fourth-order valence-electron chi connectivity index (χ4n) is 4.31. The Bertz CT molecular complexity index is 825. The third-order valence-electron chi connectivity index (χ3n) is 6.28. The van der Waals surface area contributed by atoms with Gasteiger partial charge in [-0.15, -0.1) is 0 Å². The molecule has 1 aliphatic rings. The minimum Gasteiger partial charge on any atom is -0.496 e. The Labute approximate surface area is 186 Å². The topological polar surface area (TPSA) is 65.4 Å². The molecule has 1 atom stereocenters. The summed E-state index contributed by atoms with van der Waals surface area (Å²) in [5.74, 6) is 1.72. The maximum absolute atomic E-state index is 9.65. The van der Waals surface area contributed by atoms with Crippen molar-refractivity contribution in [1.29, 1.82) is 0 Å². The van der Waals surface area contributed by atoms with Gasteiger partial charge in [0.2, 0.25) is 0 Å². The second kappa shape index (κ2) is 11.5. The summed E-state index contributed by atoms with van der Waals surface area (Å²) in [6.07, 6.45) is 0.776. The van der Waals surface area contributed by atoms with Crippen molar-refractivity contribution in [1.82, 2.24) is 9.80 Å². The lowest BCUT2D eigenvalue weighted by atomic mass is 10.00. The van der Waals surface area contributed by atoms with E-state index < -0.39 is 0 Å². The number of aliphatic hydroxyl groups excluding tert-OH is 2. The SMILES string of the molecule is COc1ccc(CN2CCN(Cc3ccc(OCCO)cc3)CC2CCO)c(C)c1C. The van der Waals surface area contributed by atoms with E-state index in [9.17, 15) is 5.11 Å². The van der Waals surface area contributed by atoms with E-state index in [4.69, 9.17) is 14.6 Å². The number of rotatable bonds is 10. The molecule has 6 heteroatoms. The van der Waals surface area contributed by atoms with Crippen molar-refractivity contribution in [2.45, 2.75) is 39.4 Å². The summed E-state index contributed by atoms with van der Waals surface area (Å²) in [6, 6.07) is 12.6. The van der Waals surface area contributed by atoms with Crippen LogP contribution in [0.3, 0.4) is 0 Å². The smallest absolute Gasteiger partial charge is 0.122 e. The third-order valence-corrected chi connectivity index (χ3v) is 6.28. The molecule has 0 bridgehead atoms. The fraction of sp³-hybridized carbons (Fsp3) is 0.520. The molecule has 0 aliphatic carbocycles. The van der Waals surface area contributed by atoms with Crippen LogP contribution in [-0.4, -0.2) is 72.6 Å². The van der Waals surface area contributed by atoms with Gasteiger partial charge in [0.15, 0.2) is 0 Å². The van der Waals surface area contributed by atoms with Gasteiger partial charge in [0.25, 0.3) is 0 Å². The standard InChI is InChI=1S/C25H36N2O4/c1-19-20(2)25(30-3)9-6-22(19)17-27-12-11-26(18-23(27)10-13-28)16-21-4-7-24(8-5-21)31-15-14-29/h4-9,23,28-29H,10-18H2,1-3H3. The lowest BCUT2D eigenvalue weighted by Crippen LogP contribution is -2.52. The molecule has 0 aromatic heterocycles. The van der Waals surface area contributed by atoms with E-state index in [2.05, 4.69) is 47.9 Å². The number of methoxy groups -OCH3 is 1. The first-order chi connectivity index (χ1) is 15.0. The summed E-state index contributed by atoms with van der Waals surface area (Å²) in [7, 11) is 1.72. The fourth-order valence-corrected chi connectivity index (χ4v) is 4.31. The van der Waals surface area contributed by atoms with E-state index >= 15 is 0 Å². The maximum Gasteiger partial charge on any atom is 0.122 e. The first-order valence-corrected chi connectivity index (χ1v) is 11.1. The van der Waals surface area contributed by atoms with E-state index in [-0.39, 0.29) is 13.2 Å². The molecule has 1 heterocycles. The third kappa shape index (κ3) is 6.20. The monoisotopic (exact) mass is 428 g/mol. The summed E-state index contributed by atoms with van der Waals surface area (Å²) in [6.45, 7) is 9.52. The summed E-state index contributed by atoms with van der Waals surface area (Å²) in [4.78, 5) is 4.97. The molecule has 2 aromatic rings. The van der Waals surface area contributed by atoms with Gasteiger partial charge in [0.05, 0.1) is 13.7 Å². The highest BCUT2D eigenvalue weighted by molar-refractivity contribution is 5.43. The number of ether oxygens (including phenoxy) is 2. The van der Waals surface area contributed by atoms with Crippen molar-refractivity contribution in [3.8, 4) is 11.5 Å². The zero-order valence-corrected chi connectivity index (χ0v) is 19.0. The van der Waals surface area contributed by atoms with Crippen molar-refractivity contribution in [2.75, 3.05) is 46.6 Å². The lowest BCUT2D eigenvalue weighted by molar-refractivity contribution is 0.0498. The number of hydrogen-bond acceptors (Lipinski definition) is 6. The number of piperazine rings is 1. The average molecular weight is 429 g/mol. The maximum atomic E-state index is 9.65. The number of benzene rings is 2. The molecule has 1 aliphatic heterocycles. The van der Waals surface area contributed by atoms with E-state index in [1.807, 2.05) is 12.1 Å². The molecule has 31 heavy (non-hydrogen) atoms. The highest BCUT2D eigenvalue weighted by Gasteiger charge is 2.27. The van der Waals surface area contributed by atoms with Crippen LogP contribution >= 0.6 is 0 Å². The van der Waals surface area contributed by atoms with Crippen molar-refractivity contribution < 1.29 is 19.7 Å². The Morgan fingerprint density at radius 1 is 0.935 bits per heavy atom. The molecular weight excluding hydrogens is 392 g/mol. The van der Waals surface area contributed by atoms with Crippen LogP contribution in [0.1, 0.15) is 28.7 Å². The lowest BCUT2D eigenvalue weighted by Gasteiger charge is -2.41. The van der Waals surface area contributed by atoms with Crippen molar-refractivity contribution >= 4 is 0 Å². The molecule has 1 saturated heterocycles. The molecule has 6 nitrogen and oxygen atoms in total. The van der Waals surface area contributed by atoms with Crippen LogP contribution in [0.2, 0.25) is 0 Å². The van der Waals surface area contributed by atoms with Gasteiger partial charge in [-0.3, -0.25) is 9.80 Å². The first kappa shape index (κ1) is 23.5. The molecule has 1 unspecified atom stereocenters.